The molecular weight excluding hydrogens is 815 g/mol. The Morgan fingerprint density at radius 2 is 0.712 bits per heavy atom. The topological polar surface area (TPSA) is 95.9 Å². The van der Waals surface area contributed by atoms with E-state index < -0.39 is 12.1 Å². The van der Waals surface area contributed by atoms with Crippen molar-refractivity contribution in [3.05, 3.63) is 24.3 Å². The predicted octanol–water partition coefficient (Wildman–Crippen LogP) is 18.2. The molecule has 6 nitrogen and oxygen atoms in total. The molecule has 0 radical (unpaired) electrons. The van der Waals surface area contributed by atoms with Gasteiger partial charge in [0.15, 0.2) is 0 Å². The summed E-state index contributed by atoms with van der Waals surface area (Å²) >= 11 is 0. The lowest BCUT2D eigenvalue weighted by Crippen LogP contribution is -2.45. The van der Waals surface area contributed by atoms with Gasteiger partial charge in [0.1, 0.15) is 0 Å². The molecule has 0 aliphatic carbocycles. The van der Waals surface area contributed by atoms with Gasteiger partial charge in [-0.05, 0) is 77.0 Å². The molecule has 6 heteroatoms. The molecule has 0 aliphatic rings. The van der Waals surface area contributed by atoms with E-state index in [1.165, 1.54) is 244 Å². The first-order valence-electron chi connectivity index (χ1n) is 29.6. The van der Waals surface area contributed by atoms with Gasteiger partial charge in [-0.2, -0.15) is 0 Å². The van der Waals surface area contributed by atoms with Crippen LogP contribution in [-0.2, 0) is 14.3 Å². The number of ether oxygens (including phenoxy) is 1. The molecule has 0 bridgehead atoms. The third-order valence-corrected chi connectivity index (χ3v) is 13.7. The fourth-order valence-corrected chi connectivity index (χ4v) is 9.16. The van der Waals surface area contributed by atoms with E-state index in [2.05, 4.69) is 43.5 Å². The number of esters is 1. The lowest BCUT2D eigenvalue weighted by Gasteiger charge is -2.22. The summed E-state index contributed by atoms with van der Waals surface area (Å²) in [5.41, 5.74) is 0. The van der Waals surface area contributed by atoms with Crippen molar-refractivity contribution in [3.8, 4) is 0 Å². The zero-order valence-electron chi connectivity index (χ0n) is 44.4. The van der Waals surface area contributed by atoms with Crippen molar-refractivity contribution >= 4 is 11.9 Å². The molecule has 390 valence electrons. The Hall–Kier alpha value is -1.66. The molecule has 2 atom stereocenters. The Morgan fingerprint density at radius 1 is 0.409 bits per heavy atom. The number of nitrogens with one attached hydrogen (secondary N) is 1. The molecular formula is C60H115NO5. The van der Waals surface area contributed by atoms with Crippen LogP contribution in [0.3, 0.4) is 0 Å². The second-order valence-electron chi connectivity index (χ2n) is 20.3. The fourth-order valence-electron chi connectivity index (χ4n) is 9.16. The summed E-state index contributed by atoms with van der Waals surface area (Å²) in [5, 5.41) is 23.1. The monoisotopic (exact) mass is 930 g/mol. The lowest BCUT2D eigenvalue weighted by atomic mass is 10.0. The van der Waals surface area contributed by atoms with Crippen LogP contribution in [0.4, 0.5) is 0 Å². The van der Waals surface area contributed by atoms with Gasteiger partial charge in [-0.15, -0.1) is 0 Å². The zero-order chi connectivity index (χ0) is 47.9. The number of carbonyl (C=O) groups excluding carboxylic acids is 2. The standard InChI is InChI=1S/C60H115NO5/c1-3-5-7-9-11-13-14-15-31-34-38-42-46-50-54-60(65)66-55-51-47-43-39-35-32-29-27-25-23-21-19-17-16-18-20-22-24-26-28-30-33-37-41-45-49-53-59(64)61-57(56-62)58(63)52-48-44-40-36-12-10-8-6-4-2/h14-16,18,57-58,62-63H,3-13,17,19-56H2,1-2H3,(H,61,64)/b15-14-,18-16-. The third-order valence-electron chi connectivity index (χ3n) is 13.7. The van der Waals surface area contributed by atoms with Gasteiger partial charge in [-0.3, -0.25) is 9.59 Å². The summed E-state index contributed by atoms with van der Waals surface area (Å²) in [6.45, 7) is 4.93. The maximum absolute atomic E-state index is 12.4. The second kappa shape index (κ2) is 55.9. The molecule has 3 N–H and O–H groups in total. The van der Waals surface area contributed by atoms with Crippen LogP contribution < -0.4 is 5.32 Å². The molecule has 0 aromatic carbocycles. The van der Waals surface area contributed by atoms with E-state index in [-0.39, 0.29) is 18.5 Å². The van der Waals surface area contributed by atoms with Gasteiger partial charge in [0, 0.05) is 12.8 Å². The summed E-state index contributed by atoms with van der Waals surface area (Å²) in [5.74, 6) is -0.0330. The number of hydrogen-bond acceptors (Lipinski definition) is 5. The van der Waals surface area contributed by atoms with Crippen molar-refractivity contribution in [2.45, 2.75) is 334 Å². The van der Waals surface area contributed by atoms with Gasteiger partial charge in [-0.25, -0.2) is 0 Å². The summed E-state index contributed by atoms with van der Waals surface area (Å²) in [6, 6.07) is -0.540. The molecule has 1 amide bonds. The molecule has 0 aliphatic heterocycles. The van der Waals surface area contributed by atoms with Crippen molar-refractivity contribution in [2.24, 2.45) is 0 Å². The van der Waals surface area contributed by atoms with E-state index in [9.17, 15) is 19.8 Å². The lowest BCUT2D eigenvalue weighted by molar-refractivity contribution is -0.143. The van der Waals surface area contributed by atoms with Gasteiger partial charge in [-0.1, -0.05) is 256 Å². The van der Waals surface area contributed by atoms with Crippen molar-refractivity contribution in [2.75, 3.05) is 13.2 Å². The SMILES string of the molecule is CCCCCCC/C=C\CCCCCCCC(=O)OCCCCCCCCCCCCCC/C=C\CCCCCCCCCCCCC(=O)NC(CO)C(O)CCCCCCCCCCC. The van der Waals surface area contributed by atoms with Crippen LogP contribution in [-0.4, -0.2) is 47.4 Å². The number of aliphatic hydroxyl groups excluding tert-OH is 2. The van der Waals surface area contributed by atoms with Crippen LogP contribution in [0.2, 0.25) is 0 Å². The second-order valence-corrected chi connectivity index (χ2v) is 20.3. The Balaban J connectivity index is 3.36. The number of aliphatic hydroxyl groups is 2. The van der Waals surface area contributed by atoms with Crippen LogP contribution >= 0.6 is 0 Å². The minimum Gasteiger partial charge on any atom is -0.466 e. The van der Waals surface area contributed by atoms with E-state index in [1.54, 1.807) is 0 Å². The van der Waals surface area contributed by atoms with Crippen molar-refractivity contribution in [1.82, 2.24) is 5.32 Å². The molecule has 66 heavy (non-hydrogen) atoms. The highest BCUT2D eigenvalue weighted by Crippen LogP contribution is 2.17. The van der Waals surface area contributed by atoms with E-state index in [1.807, 2.05) is 0 Å². The quantitative estimate of drug-likeness (QED) is 0.0321. The van der Waals surface area contributed by atoms with Crippen LogP contribution in [0, 0.1) is 0 Å². The molecule has 2 unspecified atom stereocenters. The fraction of sp³-hybridized carbons (Fsp3) is 0.900. The molecule has 0 rings (SSSR count). The minimum atomic E-state index is -0.663. The highest BCUT2D eigenvalue weighted by atomic mass is 16.5. The third kappa shape index (κ3) is 51.7. The molecule has 0 spiro atoms. The average molecular weight is 931 g/mol. The zero-order valence-corrected chi connectivity index (χ0v) is 44.4. The number of rotatable bonds is 55. The number of carbonyl (C=O) groups is 2. The Bertz CT molecular complexity index is 1030. The first-order chi connectivity index (χ1) is 32.5. The van der Waals surface area contributed by atoms with Crippen molar-refractivity contribution in [1.29, 1.82) is 0 Å². The number of amides is 1. The highest BCUT2D eigenvalue weighted by Gasteiger charge is 2.20. The van der Waals surface area contributed by atoms with Crippen LogP contribution in [0.15, 0.2) is 24.3 Å². The van der Waals surface area contributed by atoms with Gasteiger partial charge in [0.25, 0.3) is 0 Å². The number of unbranched alkanes of at least 4 members (excludes halogenated alkanes) is 40. The van der Waals surface area contributed by atoms with Crippen LogP contribution in [0.25, 0.3) is 0 Å². The van der Waals surface area contributed by atoms with Gasteiger partial charge >= 0.3 is 5.97 Å². The minimum absolute atomic E-state index is 0.00571. The van der Waals surface area contributed by atoms with E-state index in [0.29, 0.717) is 25.9 Å². The van der Waals surface area contributed by atoms with Crippen LogP contribution in [0.5, 0.6) is 0 Å². The number of hydrogen-bond donors (Lipinski definition) is 3. The van der Waals surface area contributed by atoms with Crippen molar-refractivity contribution < 1.29 is 24.5 Å². The molecule has 0 saturated heterocycles. The van der Waals surface area contributed by atoms with E-state index in [0.717, 1.165) is 44.9 Å². The molecule has 0 fully saturated rings. The van der Waals surface area contributed by atoms with E-state index in [4.69, 9.17) is 4.74 Å². The average Bonchev–Trinajstić information content (AvgIpc) is 3.32. The maximum atomic E-state index is 12.4. The molecule has 0 saturated carbocycles. The summed E-state index contributed by atoms with van der Waals surface area (Å²) < 4.78 is 5.47. The first kappa shape index (κ1) is 64.3. The smallest absolute Gasteiger partial charge is 0.305 e. The van der Waals surface area contributed by atoms with Gasteiger partial charge in [0.2, 0.25) is 5.91 Å². The molecule has 0 aromatic heterocycles. The van der Waals surface area contributed by atoms with Gasteiger partial charge < -0.3 is 20.3 Å². The van der Waals surface area contributed by atoms with Crippen molar-refractivity contribution in [3.63, 3.8) is 0 Å². The normalized spacial score (nSPS) is 12.7. The summed E-state index contributed by atoms with van der Waals surface area (Å²) in [7, 11) is 0. The first-order valence-corrected chi connectivity index (χ1v) is 29.6. The summed E-state index contributed by atoms with van der Waals surface area (Å²) in [4.78, 5) is 24.4. The summed E-state index contributed by atoms with van der Waals surface area (Å²) in [6.07, 6.45) is 67.6. The van der Waals surface area contributed by atoms with Gasteiger partial charge in [0.05, 0.1) is 25.4 Å². The van der Waals surface area contributed by atoms with Crippen LogP contribution in [0.1, 0.15) is 322 Å². The highest BCUT2D eigenvalue weighted by molar-refractivity contribution is 5.76. The Labute approximate surface area is 411 Å². The molecule has 0 aromatic rings. The Morgan fingerprint density at radius 3 is 1.08 bits per heavy atom. The predicted molar refractivity (Wildman–Crippen MR) is 287 cm³/mol. The molecule has 0 heterocycles. The van der Waals surface area contributed by atoms with E-state index >= 15 is 0 Å². The number of allylic oxidation sites excluding steroid dienone is 4. The maximum Gasteiger partial charge on any atom is 0.305 e. The largest absolute Gasteiger partial charge is 0.466 e. The Kier molecular flexibility index (Phi) is 54.5.